The maximum Gasteiger partial charge on any atom is 0.269 e. The summed E-state index contributed by atoms with van der Waals surface area (Å²) in [5.41, 5.74) is 6.97. The molecule has 8 nitrogen and oxygen atoms in total. The first-order valence-corrected chi connectivity index (χ1v) is 9.67. The van der Waals surface area contributed by atoms with E-state index < -0.39 is 17.7 Å². The maximum atomic E-state index is 12.5. The Balaban J connectivity index is 1.61. The van der Waals surface area contributed by atoms with Crippen molar-refractivity contribution in [1.82, 2.24) is 10.9 Å². The van der Waals surface area contributed by atoms with Gasteiger partial charge in [0.25, 0.3) is 5.91 Å². The van der Waals surface area contributed by atoms with Crippen LogP contribution in [0.4, 0.5) is 5.69 Å². The largest absolute Gasteiger partial charge is 0.497 e. The van der Waals surface area contributed by atoms with Gasteiger partial charge >= 0.3 is 0 Å². The minimum absolute atomic E-state index is 0.0883. The fourth-order valence-corrected chi connectivity index (χ4v) is 3.31. The van der Waals surface area contributed by atoms with Gasteiger partial charge in [0.05, 0.1) is 20.1 Å². The van der Waals surface area contributed by atoms with E-state index in [2.05, 4.69) is 10.9 Å². The first-order valence-electron chi connectivity index (χ1n) is 9.67. The molecule has 2 N–H and O–H groups in total. The zero-order valence-corrected chi connectivity index (χ0v) is 17.2. The molecule has 158 valence electrons. The molecule has 0 aliphatic carbocycles. The lowest BCUT2D eigenvalue weighted by atomic mass is 10.1. The van der Waals surface area contributed by atoms with E-state index in [0.717, 1.165) is 17.7 Å². The van der Waals surface area contributed by atoms with E-state index in [0.29, 0.717) is 11.5 Å². The molecule has 1 aliphatic rings. The summed E-state index contributed by atoms with van der Waals surface area (Å²) < 4.78 is 10.3. The lowest BCUT2D eigenvalue weighted by Gasteiger charge is -2.17. The maximum absolute atomic E-state index is 12.5. The third-order valence-corrected chi connectivity index (χ3v) is 5.04. The zero-order valence-electron chi connectivity index (χ0n) is 17.2. The fraction of sp³-hybridized carbons (Fsp3) is 0.318. The molecule has 1 aliphatic heterocycles. The molecule has 3 amide bonds. The fourth-order valence-electron chi connectivity index (χ4n) is 3.31. The van der Waals surface area contributed by atoms with Crippen LogP contribution in [-0.4, -0.2) is 38.5 Å². The number of rotatable bonds is 6. The van der Waals surface area contributed by atoms with Crippen molar-refractivity contribution in [1.29, 1.82) is 0 Å². The van der Waals surface area contributed by atoms with Gasteiger partial charge in [-0.1, -0.05) is 19.1 Å². The predicted octanol–water partition coefficient (Wildman–Crippen LogP) is 2.08. The Morgan fingerprint density at radius 2 is 1.77 bits per heavy atom. The van der Waals surface area contributed by atoms with E-state index in [4.69, 9.17) is 9.47 Å². The van der Waals surface area contributed by atoms with Gasteiger partial charge in [0.2, 0.25) is 11.8 Å². The van der Waals surface area contributed by atoms with Gasteiger partial charge in [0, 0.05) is 30.3 Å². The van der Waals surface area contributed by atoms with Crippen LogP contribution in [0.25, 0.3) is 0 Å². The van der Waals surface area contributed by atoms with Gasteiger partial charge in [-0.3, -0.25) is 25.2 Å². The summed E-state index contributed by atoms with van der Waals surface area (Å²) >= 11 is 0. The Morgan fingerprint density at radius 1 is 1.07 bits per heavy atom. The van der Waals surface area contributed by atoms with Crippen molar-refractivity contribution in [3.8, 4) is 11.5 Å². The van der Waals surface area contributed by atoms with Gasteiger partial charge in [0.15, 0.2) is 0 Å². The molecule has 0 aromatic heterocycles. The highest BCUT2D eigenvalue weighted by molar-refractivity contribution is 6.01. The van der Waals surface area contributed by atoms with Crippen molar-refractivity contribution in [2.75, 3.05) is 25.7 Å². The standard InChI is InChI=1S/C22H25N3O5/c1-4-14-6-5-7-17(8-14)25-13-16(11-20(25)26)22(28)24-23-21(27)15-9-18(29-2)12-19(10-15)30-3/h5-10,12,16H,4,11,13H2,1-3H3,(H,23,27)(H,24,28)/t16-/m0/s1. The van der Waals surface area contributed by atoms with Crippen molar-refractivity contribution < 1.29 is 23.9 Å². The second-order valence-electron chi connectivity index (χ2n) is 6.97. The molecule has 0 unspecified atom stereocenters. The number of ether oxygens (including phenoxy) is 2. The third kappa shape index (κ3) is 4.71. The van der Waals surface area contributed by atoms with Gasteiger partial charge in [-0.15, -0.1) is 0 Å². The van der Waals surface area contributed by atoms with Crippen molar-refractivity contribution in [2.24, 2.45) is 5.92 Å². The Hall–Kier alpha value is -3.55. The molecule has 1 fully saturated rings. The van der Waals surface area contributed by atoms with Crippen LogP contribution in [0.5, 0.6) is 11.5 Å². The molecule has 2 aromatic rings. The Kier molecular flexibility index (Phi) is 6.56. The van der Waals surface area contributed by atoms with Gasteiger partial charge in [0.1, 0.15) is 11.5 Å². The molecule has 2 aromatic carbocycles. The number of hydrazine groups is 1. The van der Waals surface area contributed by atoms with Crippen LogP contribution in [0, 0.1) is 5.92 Å². The minimum Gasteiger partial charge on any atom is -0.497 e. The highest BCUT2D eigenvalue weighted by atomic mass is 16.5. The highest BCUT2D eigenvalue weighted by Crippen LogP contribution is 2.26. The van der Waals surface area contributed by atoms with Gasteiger partial charge in [-0.25, -0.2) is 0 Å². The van der Waals surface area contributed by atoms with Crippen LogP contribution in [0.1, 0.15) is 29.3 Å². The second kappa shape index (κ2) is 9.30. The molecule has 0 saturated carbocycles. The molecule has 8 heteroatoms. The summed E-state index contributed by atoms with van der Waals surface area (Å²) in [7, 11) is 2.97. The number of carbonyl (C=O) groups excluding carboxylic acids is 3. The van der Waals surface area contributed by atoms with E-state index in [1.165, 1.54) is 26.4 Å². The molecule has 0 spiro atoms. The summed E-state index contributed by atoms with van der Waals surface area (Å²) in [6.45, 7) is 2.31. The summed E-state index contributed by atoms with van der Waals surface area (Å²) in [5.74, 6) is -0.692. The van der Waals surface area contributed by atoms with Gasteiger partial charge < -0.3 is 14.4 Å². The molecule has 0 bridgehead atoms. The number of methoxy groups -OCH3 is 2. The number of benzene rings is 2. The Labute approximate surface area is 175 Å². The highest BCUT2D eigenvalue weighted by Gasteiger charge is 2.35. The summed E-state index contributed by atoms with van der Waals surface area (Å²) in [6.07, 6.45) is 0.950. The average molecular weight is 411 g/mol. The Bertz CT molecular complexity index is 937. The monoisotopic (exact) mass is 411 g/mol. The number of carbonyl (C=O) groups is 3. The van der Waals surface area contributed by atoms with Crippen molar-refractivity contribution >= 4 is 23.4 Å². The summed E-state index contributed by atoms with van der Waals surface area (Å²) in [4.78, 5) is 39.0. The second-order valence-corrected chi connectivity index (χ2v) is 6.97. The van der Waals surface area contributed by atoms with Crippen LogP contribution in [0.2, 0.25) is 0 Å². The zero-order chi connectivity index (χ0) is 21.7. The third-order valence-electron chi connectivity index (χ3n) is 5.04. The molecule has 30 heavy (non-hydrogen) atoms. The lowest BCUT2D eigenvalue weighted by molar-refractivity contribution is -0.126. The first-order chi connectivity index (χ1) is 14.4. The Morgan fingerprint density at radius 3 is 2.40 bits per heavy atom. The lowest BCUT2D eigenvalue weighted by Crippen LogP contribution is -2.45. The number of anilines is 1. The van der Waals surface area contributed by atoms with Crippen LogP contribution in [-0.2, 0) is 16.0 Å². The van der Waals surface area contributed by atoms with Crippen molar-refractivity contribution in [3.63, 3.8) is 0 Å². The van der Waals surface area contributed by atoms with E-state index in [1.54, 1.807) is 11.0 Å². The number of hydrogen-bond donors (Lipinski definition) is 2. The molecular formula is C22H25N3O5. The van der Waals surface area contributed by atoms with Gasteiger partial charge in [-0.05, 0) is 36.2 Å². The molecule has 1 heterocycles. The first kappa shape index (κ1) is 21.2. The number of aryl methyl sites for hydroxylation is 1. The van der Waals surface area contributed by atoms with E-state index in [-0.39, 0.29) is 24.4 Å². The number of hydrogen-bond acceptors (Lipinski definition) is 5. The molecule has 0 radical (unpaired) electrons. The molecule has 3 rings (SSSR count). The van der Waals surface area contributed by atoms with E-state index in [1.807, 2.05) is 31.2 Å². The number of amides is 3. The number of nitrogens with one attached hydrogen (secondary N) is 2. The van der Waals surface area contributed by atoms with E-state index in [9.17, 15) is 14.4 Å². The van der Waals surface area contributed by atoms with Crippen LogP contribution in [0.15, 0.2) is 42.5 Å². The average Bonchev–Trinajstić information content (AvgIpc) is 3.18. The SMILES string of the molecule is CCc1cccc(N2C[C@@H](C(=O)NNC(=O)c3cc(OC)cc(OC)c3)CC2=O)c1. The van der Waals surface area contributed by atoms with Crippen molar-refractivity contribution in [3.05, 3.63) is 53.6 Å². The smallest absolute Gasteiger partial charge is 0.269 e. The normalized spacial score (nSPS) is 15.6. The van der Waals surface area contributed by atoms with E-state index >= 15 is 0 Å². The molecule has 1 atom stereocenters. The molecule has 1 saturated heterocycles. The quantitative estimate of drug-likeness (QED) is 0.710. The van der Waals surface area contributed by atoms with Crippen LogP contribution in [0.3, 0.4) is 0 Å². The van der Waals surface area contributed by atoms with Crippen LogP contribution >= 0.6 is 0 Å². The summed E-state index contributed by atoms with van der Waals surface area (Å²) in [5, 5.41) is 0. The van der Waals surface area contributed by atoms with Gasteiger partial charge in [-0.2, -0.15) is 0 Å². The number of nitrogens with zero attached hydrogens (tertiary/aromatic N) is 1. The predicted molar refractivity (Wildman–Crippen MR) is 111 cm³/mol. The van der Waals surface area contributed by atoms with Crippen LogP contribution < -0.4 is 25.2 Å². The minimum atomic E-state index is -0.553. The summed E-state index contributed by atoms with van der Waals surface area (Å²) in [6, 6.07) is 12.4. The molecular weight excluding hydrogens is 386 g/mol. The topological polar surface area (TPSA) is 97.0 Å². The van der Waals surface area contributed by atoms with Crippen molar-refractivity contribution in [2.45, 2.75) is 19.8 Å².